The first-order valence-electron chi connectivity index (χ1n) is 19.8. The summed E-state index contributed by atoms with van der Waals surface area (Å²) in [7, 11) is 0. The number of aromatic hydroxyl groups is 1. The van der Waals surface area contributed by atoms with Crippen LogP contribution in [-0.4, -0.2) is 106 Å². The summed E-state index contributed by atoms with van der Waals surface area (Å²) < 4.78 is 5.72. The summed E-state index contributed by atoms with van der Waals surface area (Å²) in [5.41, 5.74) is 0.498. The molecule has 1 aliphatic heterocycles. The van der Waals surface area contributed by atoms with E-state index in [0.717, 1.165) is 0 Å². The second kappa shape index (κ2) is 23.4. The number of cyclic esters (lactones) is 1. The maximum atomic E-state index is 14.3. The highest BCUT2D eigenvalue weighted by Gasteiger charge is 2.39. The Bertz CT molecular complexity index is 1830. The van der Waals surface area contributed by atoms with Gasteiger partial charge in [-0.15, -0.1) is 0 Å². The first-order chi connectivity index (χ1) is 28.1. The van der Waals surface area contributed by atoms with Gasteiger partial charge in [0, 0.05) is 18.4 Å². The molecule has 19 heteroatoms. The highest BCUT2D eigenvalue weighted by atomic mass is 16.5. The molecule has 330 valence electrons. The predicted molar refractivity (Wildman–Crippen MR) is 217 cm³/mol. The van der Waals surface area contributed by atoms with E-state index < -0.39 is 114 Å². The molecule has 0 bridgehead atoms. The quantitative estimate of drug-likeness (QED) is 0.0907. The van der Waals surface area contributed by atoms with Crippen LogP contribution in [-0.2, 0) is 54.3 Å². The molecule has 0 saturated carbocycles. The van der Waals surface area contributed by atoms with Crippen LogP contribution in [0.15, 0.2) is 47.7 Å². The van der Waals surface area contributed by atoms with Crippen LogP contribution >= 0.6 is 0 Å². The van der Waals surface area contributed by atoms with Gasteiger partial charge >= 0.3 is 11.9 Å². The molecule has 1 heterocycles. The number of carboxylic acids is 1. The molecule has 19 nitrogen and oxygen atoms in total. The van der Waals surface area contributed by atoms with E-state index in [2.05, 4.69) is 37.2 Å². The number of rotatable bonds is 14. The standard InChI is InChI=1S/C41H59N7O12/c1-10-21(6)32-41(59)60-24(9)33(40(58)42-23(8)35(53)43-27(12-3)36(54)44-28(37(55)47-32)17-18-30(50)51)48-38(56)29(19-25-13-15-26(49)16-14-25)45-39(57)31(20(4)5)46-34(52)22(7)11-2/h11-16,20-21,23-24,28-29,31-33,49H,10,17-19H2,1-9H3,(H,42,58)(H,43,53)(H,44,54)(H,45,57)(H,46,52)(H,47,55)(H,48,56)(H,50,51)/b22-11+,27-12-/t21-,23-,24+,28+,29-,31-,32-,33-/m0/s1. The number of amides is 7. The van der Waals surface area contributed by atoms with Gasteiger partial charge in [0.1, 0.15) is 53.8 Å². The fraction of sp³-hybridized carbons (Fsp3) is 0.537. The number of carboxylic acid groups (broad SMARTS) is 1. The number of nitrogens with one attached hydrogen (secondary N) is 7. The lowest BCUT2D eigenvalue weighted by Crippen LogP contribution is -2.62. The second-order valence-electron chi connectivity index (χ2n) is 15.0. The minimum Gasteiger partial charge on any atom is -0.508 e. The summed E-state index contributed by atoms with van der Waals surface area (Å²) in [6.07, 6.45) is 0.548. The van der Waals surface area contributed by atoms with Crippen LogP contribution in [0.2, 0.25) is 0 Å². The van der Waals surface area contributed by atoms with Crippen molar-refractivity contribution in [3.63, 3.8) is 0 Å². The largest absolute Gasteiger partial charge is 0.508 e. The fourth-order valence-corrected chi connectivity index (χ4v) is 5.80. The highest BCUT2D eigenvalue weighted by molar-refractivity contribution is 6.02. The van der Waals surface area contributed by atoms with Crippen molar-refractivity contribution in [1.29, 1.82) is 0 Å². The summed E-state index contributed by atoms with van der Waals surface area (Å²) in [4.78, 5) is 120. The van der Waals surface area contributed by atoms with Crippen molar-refractivity contribution in [3.8, 4) is 5.75 Å². The third kappa shape index (κ3) is 14.8. The Morgan fingerprint density at radius 3 is 2.07 bits per heavy atom. The number of phenols is 1. The number of aliphatic carboxylic acids is 1. The molecular formula is C41H59N7O12. The van der Waals surface area contributed by atoms with Gasteiger partial charge in [-0.1, -0.05) is 58.4 Å². The number of carbonyl (C=O) groups excluding carboxylic acids is 8. The molecule has 0 spiro atoms. The van der Waals surface area contributed by atoms with Gasteiger partial charge in [0.25, 0.3) is 5.91 Å². The molecule has 60 heavy (non-hydrogen) atoms. The zero-order valence-corrected chi connectivity index (χ0v) is 35.5. The smallest absolute Gasteiger partial charge is 0.329 e. The van der Waals surface area contributed by atoms with Crippen LogP contribution in [0, 0.1) is 11.8 Å². The number of phenolic OH excluding ortho intramolecular Hbond substituents is 1. The van der Waals surface area contributed by atoms with Crippen LogP contribution in [0.25, 0.3) is 0 Å². The molecule has 9 N–H and O–H groups in total. The molecule has 0 unspecified atom stereocenters. The van der Waals surface area contributed by atoms with Gasteiger partial charge in [0.2, 0.25) is 35.4 Å². The summed E-state index contributed by atoms with van der Waals surface area (Å²) in [6.45, 7) is 14.0. The van der Waals surface area contributed by atoms with Crippen LogP contribution in [0.1, 0.15) is 87.1 Å². The van der Waals surface area contributed by atoms with Gasteiger partial charge in [-0.2, -0.15) is 0 Å². The molecule has 0 aliphatic carbocycles. The van der Waals surface area contributed by atoms with Crippen molar-refractivity contribution in [2.75, 3.05) is 0 Å². The van der Waals surface area contributed by atoms with Crippen molar-refractivity contribution in [2.24, 2.45) is 11.8 Å². The Hall–Kier alpha value is -6.27. The summed E-state index contributed by atoms with van der Waals surface area (Å²) >= 11 is 0. The zero-order valence-electron chi connectivity index (χ0n) is 35.5. The van der Waals surface area contributed by atoms with Crippen molar-refractivity contribution in [2.45, 2.75) is 130 Å². The molecule has 1 aromatic carbocycles. The van der Waals surface area contributed by atoms with Crippen molar-refractivity contribution >= 4 is 53.3 Å². The molecule has 2 rings (SSSR count). The lowest BCUT2D eigenvalue weighted by Gasteiger charge is -2.31. The topological polar surface area (TPSA) is 288 Å². The fourth-order valence-electron chi connectivity index (χ4n) is 5.80. The van der Waals surface area contributed by atoms with E-state index in [-0.39, 0.29) is 24.3 Å². The summed E-state index contributed by atoms with van der Waals surface area (Å²) in [5, 5.41) is 36.8. The Kier molecular flexibility index (Phi) is 19.4. The molecule has 1 aliphatic rings. The Morgan fingerprint density at radius 1 is 0.883 bits per heavy atom. The van der Waals surface area contributed by atoms with Gasteiger partial charge in [-0.25, -0.2) is 4.79 Å². The lowest BCUT2D eigenvalue weighted by atomic mass is 9.98. The van der Waals surface area contributed by atoms with E-state index in [1.807, 2.05) is 0 Å². The number of allylic oxidation sites excluding steroid dienone is 2. The normalized spacial score (nSPS) is 23.2. The minimum absolute atomic E-state index is 0.0629. The first-order valence-corrected chi connectivity index (χ1v) is 19.8. The minimum atomic E-state index is -1.73. The average molecular weight is 842 g/mol. The molecule has 1 aromatic rings. The number of carbonyl (C=O) groups is 9. The van der Waals surface area contributed by atoms with Crippen LogP contribution in [0.3, 0.4) is 0 Å². The van der Waals surface area contributed by atoms with Crippen LogP contribution in [0.4, 0.5) is 0 Å². The number of esters is 1. The molecule has 7 amide bonds. The molecule has 0 radical (unpaired) electrons. The Balaban J connectivity index is 2.64. The maximum Gasteiger partial charge on any atom is 0.329 e. The third-order valence-corrected chi connectivity index (χ3v) is 9.96. The van der Waals surface area contributed by atoms with Gasteiger partial charge in [-0.3, -0.25) is 38.4 Å². The number of hydrogen-bond acceptors (Lipinski definition) is 11. The number of ether oxygens (including phenoxy) is 1. The zero-order chi connectivity index (χ0) is 45.4. The van der Waals surface area contributed by atoms with Gasteiger partial charge in [0.15, 0.2) is 0 Å². The summed E-state index contributed by atoms with van der Waals surface area (Å²) in [5.74, 6) is -9.35. The van der Waals surface area contributed by atoms with Gasteiger partial charge in [-0.05, 0) is 70.6 Å². The van der Waals surface area contributed by atoms with Crippen LogP contribution < -0.4 is 37.2 Å². The number of hydrogen-bond donors (Lipinski definition) is 9. The lowest BCUT2D eigenvalue weighted by molar-refractivity contribution is -0.157. The molecule has 1 fully saturated rings. The third-order valence-electron chi connectivity index (χ3n) is 9.96. The van der Waals surface area contributed by atoms with E-state index in [4.69, 9.17) is 4.74 Å². The molecular weight excluding hydrogens is 782 g/mol. The van der Waals surface area contributed by atoms with E-state index in [1.54, 1.807) is 47.6 Å². The average Bonchev–Trinajstić information content (AvgIpc) is 3.19. The monoisotopic (exact) mass is 841 g/mol. The molecule has 8 atom stereocenters. The van der Waals surface area contributed by atoms with Crippen molar-refractivity contribution in [1.82, 2.24) is 37.2 Å². The SMILES string of the molecule is C/C=C1\NC(=O)[C@H](C)NC(=O)[C@@H](NC(=O)[C@H](Cc2ccc(O)cc2)NC(=O)[C@@H](NC(=O)/C(C)=C/C)C(C)C)[C@@H](C)OC(=O)[C@H]([C@@H](C)CC)NC(=O)[C@@H](CCC(=O)O)NC1=O. The van der Waals surface area contributed by atoms with Gasteiger partial charge in [0.05, 0.1) is 0 Å². The Labute approximate surface area is 349 Å². The van der Waals surface area contributed by atoms with E-state index >= 15 is 0 Å². The van der Waals surface area contributed by atoms with E-state index in [0.29, 0.717) is 17.6 Å². The van der Waals surface area contributed by atoms with Crippen molar-refractivity contribution < 1.29 is 58.1 Å². The van der Waals surface area contributed by atoms with Gasteiger partial charge < -0.3 is 52.2 Å². The summed E-state index contributed by atoms with van der Waals surface area (Å²) in [6, 6.07) is -2.72. The first kappa shape index (κ1) is 49.9. The predicted octanol–water partition coefficient (Wildman–Crippen LogP) is 0.362. The number of benzene rings is 1. The van der Waals surface area contributed by atoms with Crippen molar-refractivity contribution in [3.05, 3.63) is 53.3 Å². The maximum absolute atomic E-state index is 14.3. The van der Waals surface area contributed by atoms with E-state index in [1.165, 1.54) is 51.1 Å². The van der Waals surface area contributed by atoms with E-state index in [9.17, 15) is 53.4 Å². The highest BCUT2D eigenvalue weighted by Crippen LogP contribution is 2.16. The molecule has 1 saturated heterocycles. The van der Waals surface area contributed by atoms with Crippen LogP contribution in [0.5, 0.6) is 5.75 Å². The Morgan fingerprint density at radius 2 is 1.52 bits per heavy atom. The second-order valence-corrected chi connectivity index (χ2v) is 15.0. The molecule has 0 aromatic heterocycles.